The van der Waals surface area contributed by atoms with Crippen LogP contribution in [0.2, 0.25) is 0 Å². The van der Waals surface area contributed by atoms with E-state index < -0.39 is 0 Å². The number of methoxy groups -OCH3 is 1. The third kappa shape index (κ3) is 7.63. The molecule has 2 N–H and O–H groups in total. The molecule has 0 fully saturated rings. The normalized spacial score (nSPS) is 13.5. The molecule has 1 amide bonds. The molecular formula is C23H35N5O2S. The Morgan fingerprint density at radius 2 is 2.10 bits per heavy atom. The van der Waals surface area contributed by atoms with E-state index in [0.717, 1.165) is 40.9 Å². The number of benzene rings is 1. The van der Waals surface area contributed by atoms with Gasteiger partial charge in [-0.3, -0.25) is 4.79 Å². The van der Waals surface area contributed by atoms with Gasteiger partial charge in [-0.25, -0.2) is 9.98 Å². The van der Waals surface area contributed by atoms with Crippen molar-refractivity contribution in [2.45, 2.75) is 53.3 Å². The summed E-state index contributed by atoms with van der Waals surface area (Å²) in [5, 5.41) is 9.37. The van der Waals surface area contributed by atoms with Gasteiger partial charge in [-0.05, 0) is 38.0 Å². The molecule has 2 rings (SSSR count). The highest BCUT2D eigenvalue weighted by atomic mass is 32.1. The molecule has 31 heavy (non-hydrogen) atoms. The van der Waals surface area contributed by atoms with Gasteiger partial charge in [0.15, 0.2) is 5.96 Å². The van der Waals surface area contributed by atoms with Gasteiger partial charge >= 0.3 is 0 Å². The predicted octanol–water partition coefficient (Wildman–Crippen LogP) is 4.43. The van der Waals surface area contributed by atoms with Crippen LogP contribution < -0.4 is 10.6 Å². The Labute approximate surface area is 189 Å². The summed E-state index contributed by atoms with van der Waals surface area (Å²) < 4.78 is 5.35. The van der Waals surface area contributed by atoms with E-state index in [1.54, 1.807) is 18.4 Å². The summed E-state index contributed by atoms with van der Waals surface area (Å²) in [6.07, 6.45) is 0.818. The lowest BCUT2D eigenvalue weighted by Gasteiger charge is -2.21. The molecular weight excluding hydrogens is 410 g/mol. The third-order valence-corrected chi connectivity index (χ3v) is 6.09. The van der Waals surface area contributed by atoms with Crippen LogP contribution >= 0.6 is 11.3 Å². The fourth-order valence-corrected chi connectivity index (χ4v) is 3.68. The molecule has 2 atom stereocenters. The number of aromatic nitrogens is 1. The second kappa shape index (κ2) is 12.4. The molecule has 0 radical (unpaired) electrons. The number of amides is 1. The summed E-state index contributed by atoms with van der Waals surface area (Å²) in [5.74, 6) is 0.848. The number of hydrogen-bond donors (Lipinski definition) is 2. The van der Waals surface area contributed by atoms with Crippen LogP contribution in [0.25, 0.3) is 0 Å². The largest absolute Gasteiger partial charge is 0.375 e. The molecule has 0 aliphatic rings. The summed E-state index contributed by atoms with van der Waals surface area (Å²) in [7, 11) is 3.70. The maximum atomic E-state index is 12.2. The Balaban J connectivity index is 2.05. The van der Waals surface area contributed by atoms with Crippen LogP contribution in [0.3, 0.4) is 0 Å². The van der Waals surface area contributed by atoms with E-state index >= 15 is 0 Å². The van der Waals surface area contributed by atoms with Gasteiger partial charge in [0, 0.05) is 37.7 Å². The van der Waals surface area contributed by atoms with Gasteiger partial charge < -0.3 is 20.3 Å². The summed E-state index contributed by atoms with van der Waals surface area (Å²) in [6, 6.07) is 7.85. The summed E-state index contributed by atoms with van der Waals surface area (Å²) >= 11 is 1.61. The number of anilines is 1. The van der Waals surface area contributed by atoms with Crippen LogP contribution in [-0.4, -0.2) is 42.5 Å². The molecule has 0 saturated heterocycles. The fourth-order valence-electron chi connectivity index (χ4n) is 2.83. The first-order valence-corrected chi connectivity index (χ1v) is 11.6. The number of nitrogens with one attached hydrogen (secondary N) is 2. The lowest BCUT2D eigenvalue weighted by atomic mass is 10.1. The van der Waals surface area contributed by atoms with Crippen molar-refractivity contribution in [1.82, 2.24) is 15.2 Å². The van der Waals surface area contributed by atoms with Gasteiger partial charge in [-0.15, -0.1) is 11.3 Å². The van der Waals surface area contributed by atoms with Crippen LogP contribution in [-0.2, 0) is 22.6 Å². The van der Waals surface area contributed by atoms with E-state index in [4.69, 9.17) is 9.73 Å². The Morgan fingerprint density at radius 3 is 2.77 bits per heavy atom. The molecule has 1 heterocycles. The molecule has 8 heteroatoms. The second-order valence-electron chi connectivity index (χ2n) is 7.58. The first kappa shape index (κ1) is 24.8. The Morgan fingerprint density at radius 1 is 1.32 bits per heavy atom. The minimum atomic E-state index is -0.00575. The van der Waals surface area contributed by atoms with E-state index in [0.29, 0.717) is 13.1 Å². The zero-order valence-electron chi connectivity index (χ0n) is 19.4. The number of rotatable bonds is 10. The molecule has 0 saturated carbocycles. The number of carbonyl (C=O) groups excluding carboxylic acids is 1. The van der Waals surface area contributed by atoms with Gasteiger partial charge in [-0.1, -0.05) is 26.0 Å². The van der Waals surface area contributed by atoms with E-state index in [1.807, 2.05) is 52.1 Å². The van der Waals surface area contributed by atoms with Crippen molar-refractivity contribution in [1.29, 1.82) is 0 Å². The van der Waals surface area contributed by atoms with Gasteiger partial charge in [0.05, 0.1) is 18.8 Å². The van der Waals surface area contributed by atoms with Crippen LogP contribution in [0.5, 0.6) is 0 Å². The average Bonchev–Trinajstić information content (AvgIpc) is 3.24. The molecule has 0 bridgehead atoms. The SMILES string of the molecule is CCNC(=NCc1cccc(NC(=O)C(C)CC)c1)N(C)Cc1csc(C(C)OC)n1. The van der Waals surface area contributed by atoms with Crippen molar-refractivity contribution in [2.75, 3.05) is 26.0 Å². The van der Waals surface area contributed by atoms with Crippen LogP contribution in [0.1, 0.15) is 56.5 Å². The standard InChI is InChI=1S/C23H35N5O2S/c1-7-16(3)21(29)26-19-11-9-10-18(12-19)13-25-23(24-8-2)28(5)14-20-15-31-22(27-20)17(4)30-6/h9-12,15-17H,7-8,13-14H2,1-6H3,(H,24,25)(H,26,29). The van der Waals surface area contributed by atoms with Gasteiger partial charge in [0.2, 0.25) is 5.91 Å². The fraction of sp³-hybridized carbons (Fsp3) is 0.522. The van der Waals surface area contributed by atoms with Crippen molar-refractivity contribution in [2.24, 2.45) is 10.9 Å². The zero-order chi connectivity index (χ0) is 22.8. The maximum absolute atomic E-state index is 12.2. The molecule has 0 spiro atoms. The number of aliphatic imine (C=N–C) groups is 1. The third-order valence-electron chi connectivity index (χ3n) is 5.03. The van der Waals surface area contributed by atoms with E-state index in [-0.39, 0.29) is 17.9 Å². The van der Waals surface area contributed by atoms with E-state index in [1.165, 1.54) is 0 Å². The Bertz CT molecular complexity index is 867. The number of nitrogens with zero attached hydrogens (tertiary/aromatic N) is 3. The van der Waals surface area contributed by atoms with E-state index in [2.05, 4.69) is 32.8 Å². The predicted molar refractivity (Wildman–Crippen MR) is 128 cm³/mol. The first-order chi connectivity index (χ1) is 14.9. The Hall–Kier alpha value is -2.45. The van der Waals surface area contributed by atoms with Crippen molar-refractivity contribution < 1.29 is 9.53 Å². The quantitative estimate of drug-likeness (QED) is 0.418. The van der Waals surface area contributed by atoms with Gasteiger partial charge in [-0.2, -0.15) is 0 Å². The molecule has 1 aromatic heterocycles. The monoisotopic (exact) mass is 445 g/mol. The molecule has 7 nitrogen and oxygen atoms in total. The number of hydrogen-bond acceptors (Lipinski definition) is 5. The van der Waals surface area contributed by atoms with Crippen molar-refractivity contribution in [3.05, 3.63) is 45.9 Å². The number of thiazole rings is 1. The highest BCUT2D eigenvalue weighted by molar-refractivity contribution is 7.09. The van der Waals surface area contributed by atoms with Gasteiger partial charge in [0.25, 0.3) is 0 Å². The minimum absolute atomic E-state index is 0.000887. The lowest BCUT2D eigenvalue weighted by Crippen LogP contribution is -2.38. The average molecular weight is 446 g/mol. The van der Waals surface area contributed by atoms with Crippen LogP contribution in [0, 0.1) is 5.92 Å². The second-order valence-corrected chi connectivity index (χ2v) is 8.47. The number of carbonyl (C=O) groups is 1. The number of ether oxygens (including phenoxy) is 1. The Kier molecular flexibility index (Phi) is 9.94. The summed E-state index contributed by atoms with van der Waals surface area (Å²) in [5.41, 5.74) is 2.83. The maximum Gasteiger partial charge on any atom is 0.227 e. The van der Waals surface area contributed by atoms with Crippen molar-refractivity contribution in [3.63, 3.8) is 0 Å². The molecule has 1 aromatic carbocycles. The molecule has 2 unspecified atom stereocenters. The topological polar surface area (TPSA) is 78.9 Å². The molecule has 0 aliphatic carbocycles. The van der Waals surface area contributed by atoms with Crippen LogP contribution in [0.15, 0.2) is 34.6 Å². The van der Waals surface area contributed by atoms with Crippen LogP contribution in [0.4, 0.5) is 5.69 Å². The first-order valence-electron chi connectivity index (χ1n) is 10.7. The van der Waals surface area contributed by atoms with Gasteiger partial charge in [0.1, 0.15) is 11.1 Å². The highest BCUT2D eigenvalue weighted by Gasteiger charge is 2.13. The zero-order valence-corrected chi connectivity index (χ0v) is 20.3. The number of guanidine groups is 1. The smallest absolute Gasteiger partial charge is 0.227 e. The summed E-state index contributed by atoms with van der Waals surface area (Å²) in [6.45, 7) is 9.94. The van der Waals surface area contributed by atoms with Crippen molar-refractivity contribution >= 4 is 28.9 Å². The van der Waals surface area contributed by atoms with Crippen molar-refractivity contribution in [3.8, 4) is 0 Å². The summed E-state index contributed by atoms with van der Waals surface area (Å²) in [4.78, 5) is 23.7. The van der Waals surface area contributed by atoms with E-state index in [9.17, 15) is 4.79 Å². The molecule has 0 aliphatic heterocycles. The lowest BCUT2D eigenvalue weighted by molar-refractivity contribution is -0.119. The molecule has 170 valence electrons. The molecule has 2 aromatic rings. The highest BCUT2D eigenvalue weighted by Crippen LogP contribution is 2.21. The minimum Gasteiger partial charge on any atom is -0.375 e.